The summed E-state index contributed by atoms with van der Waals surface area (Å²) in [6, 6.07) is 12.8. The number of methoxy groups -OCH3 is 1. The Morgan fingerprint density at radius 1 is 1.18 bits per heavy atom. The number of ether oxygens (including phenoxy) is 1. The van der Waals surface area contributed by atoms with E-state index in [1.54, 1.807) is 24.3 Å². The van der Waals surface area contributed by atoms with Crippen LogP contribution in [0.1, 0.15) is 31.0 Å². The second kappa shape index (κ2) is 10.1. The molecule has 1 N–H and O–H groups in total. The predicted octanol–water partition coefficient (Wildman–Crippen LogP) is 2.90. The van der Waals surface area contributed by atoms with E-state index in [9.17, 15) is 14.4 Å². The average molecular weight is 463 g/mol. The van der Waals surface area contributed by atoms with Crippen LogP contribution in [-0.2, 0) is 16.0 Å². The molecule has 2 fully saturated rings. The number of amides is 4. The van der Waals surface area contributed by atoms with Crippen LogP contribution in [0.15, 0.2) is 54.7 Å². The third kappa shape index (κ3) is 4.95. The van der Waals surface area contributed by atoms with E-state index < -0.39 is 5.54 Å². The zero-order valence-corrected chi connectivity index (χ0v) is 19.6. The lowest BCUT2D eigenvalue weighted by atomic mass is 9.79. The summed E-state index contributed by atoms with van der Waals surface area (Å²) in [6.45, 7) is 3.22. The smallest absolute Gasteiger partial charge is 0.325 e. The van der Waals surface area contributed by atoms with Gasteiger partial charge in [-0.3, -0.25) is 19.5 Å². The Balaban J connectivity index is 1.32. The number of imide groups is 1. The SMILES string of the molecule is COc1ccc(CCN2C(=O)NC(C)(C3CCN(C(=O)C=Cc4ccccn4)CC3)C2=O)cc1. The van der Waals surface area contributed by atoms with Gasteiger partial charge in [0, 0.05) is 31.9 Å². The second-order valence-electron chi connectivity index (χ2n) is 8.87. The van der Waals surface area contributed by atoms with Crippen LogP contribution in [0, 0.1) is 5.92 Å². The summed E-state index contributed by atoms with van der Waals surface area (Å²) in [5.41, 5.74) is 0.809. The highest BCUT2D eigenvalue weighted by Crippen LogP contribution is 2.33. The van der Waals surface area contributed by atoms with Crippen LogP contribution < -0.4 is 10.1 Å². The Kier molecular flexibility index (Phi) is 6.95. The summed E-state index contributed by atoms with van der Waals surface area (Å²) < 4.78 is 5.17. The molecule has 0 bridgehead atoms. The van der Waals surface area contributed by atoms with Crippen molar-refractivity contribution in [1.29, 1.82) is 0 Å². The van der Waals surface area contributed by atoms with Crippen molar-refractivity contribution >= 4 is 23.9 Å². The number of nitrogens with zero attached hydrogens (tertiary/aromatic N) is 3. The molecule has 8 nitrogen and oxygen atoms in total. The van der Waals surface area contributed by atoms with Crippen molar-refractivity contribution in [2.45, 2.75) is 31.7 Å². The van der Waals surface area contributed by atoms with Gasteiger partial charge in [-0.15, -0.1) is 0 Å². The van der Waals surface area contributed by atoms with Crippen molar-refractivity contribution in [1.82, 2.24) is 20.1 Å². The molecule has 2 saturated heterocycles. The van der Waals surface area contributed by atoms with Gasteiger partial charge in [0.1, 0.15) is 11.3 Å². The van der Waals surface area contributed by atoms with Crippen molar-refractivity contribution in [3.8, 4) is 5.75 Å². The molecular weight excluding hydrogens is 432 g/mol. The van der Waals surface area contributed by atoms with E-state index in [-0.39, 0.29) is 23.8 Å². The zero-order valence-electron chi connectivity index (χ0n) is 19.6. The number of aromatic nitrogens is 1. The second-order valence-corrected chi connectivity index (χ2v) is 8.87. The van der Waals surface area contributed by atoms with Crippen molar-refractivity contribution < 1.29 is 19.1 Å². The van der Waals surface area contributed by atoms with Gasteiger partial charge in [-0.25, -0.2) is 4.79 Å². The molecule has 0 saturated carbocycles. The number of urea groups is 1. The van der Waals surface area contributed by atoms with E-state index in [1.807, 2.05) is 49.4 Å². The molecule has 0 spiro atoms. The molecule has 8 heteroatoms. The summed E-state index contributed by atoms with van der Waals surface area (Å²) >= 11 is 0. The van der Waals surface area contributed by atoms with Gasteiger partial charge in [0.05, 0.1) is 12.8 Å². The van der Waals surface area contributed by atoms with Crippen LogP contribution in [-0.4, -0.2) is 64.9 Å². The van der Waals surface area contributed by atoms with Crippen LogP contribution in [0.5, 0.6) is 5.75 Å². The number of carbonyl (C=O) groups is 3. The zero-order chi connectivity index (χ0) is 24.1. The summed E-state index contributed by atoms with van der Waals surface area (Å²) in [7, 11) is 1.61. The van der Waals surface area contributed by atoms with Crippen LogP contribution >= 0.6 is 0 Å². The Hall–Kier alpha value is -3.68. The Morgan fingerprint density at radius 3 is 2.56 bits per heavy atom. The highest BCUT2D eigenvalue weighted by Gasteiger charge is 2.52. The van der Waals surface area contributed by atoms with Gasteiger partial charge in [0.25, 0.3) is 5.91 Å². The number of carbonyl (C=O) groups excluding carboxylic acids is 3. The first-order chi connectivity index (χ1) is 16.4. The number of rotatable bonds is 7. The molecule has 1 aromatic carbocycles. The van der Waals surface area contributed by atoms with Crippen LogP contribution in [0.4, 0.5) is 4.79 Å². The van der Waals surface area contributed by atoms with Crippen LogP contribution in [0.2, 0.25) is 0 Å². The monoisotopic (exact) mass is 462 g/mol. The van der Waals surface area contributed by atoms with E-state index in [0.29, 0.717) is 38.9 Å². The van der Waals surface area contributed by atoms with Gasteiger partial charge in [0.15, 0.2) is 0 Å². The maximum Gasteiger partial charge on any atom is 0.325 e. The molecule has 1 atom stereocenters. The number of benzene rings is 1. The fourth-order valence-electron chi connectivity index (χ4n) is 4.64. The van der Waals surface area contributed by atoms with Gasteiger partial charge in [-0.2, -0.15) is 0 Å². The molecule has 0 aliphatic carbocycles. The molecule has 34 heavy (non-hydrogen) atoms. The number of likely N-dealkylation sites (tertiary alicyclic amines) is 1. The number of piperidine rings is 1. The van der Waals surface area contributed by atoms with Crippen molar-refractivity contribution in [3.63, 3.8) is 0 Å². The van der Waals surface area contributed by atoms with E-state index >= 15 is 0 Å². The summed E-state index contributed by atoms with van der Waals surface area (Å²) in [6.07, 6.45) is 6.80. The third-order valence-corrected chi connectivity index (χ3v) is 6.79. The van der Waals surface area contributed by atoms with E-state index in [1.165, 1.54) is 11.0 Å². The number of pyridine rings is 1. The van der Waals surface area contributed by atoms with E-state index in [2.05, 4.69) is 10.3 Å². The Morgan fingerprint density at radius 2 is 1.91 bits per heavy atom. The first-order valence-electron chi connectivity index (χ1n) is 11.6. The highest BCUT2D eigenvalue weighted by molar-refractivity contribution is 6.07. The number of nitrogens with one attached hydrogen (secondary N) is 1. The van der Waals surface area contributed by atoms with Crippen molar-refractivity contribution in [2.24, 2.45) is 5.92 Å². The summed E-state index contributed by atoms with van der Waals surface area (Å²) in [5.74, 6) is 0.477. The van der Waals surface area contributed by atoms with Crippen molar-refractivity contribution in [2.75, 3.05) is 26.7 Å². The molecule has 4 rings (SSSR count). The topological polar surface area (TPSA) is 91.8 Å². The van der Waals surface area contributed by atoms with E-state index in [4.69, 9.17) is 4.74 Å². The molecule has 1 unspecified atom stereocenters. The molecule has 0 radical (unpaired) electrons. The maximum absolute atomic E-state index is 13.3. The lowest BCUT2D eigenvalue weighted by molar-refractivity contribution is -0.134. The van der Waals surface area contributed by atoms with Crippen molar-refractivity contribution in [3.05, 3.63) is 66.0 Å². The lowest BCUT2D eigenvalue weighted by Crippen LogP contribution is -2.54. The molecule has 1 aromatic heterocycles. The summed E-state index contributed by atoms with van der Waals surface area (Å²) in [5, 5.41) is 2.94. The molecule has 3 heterocycles. The largest absolute Gasteiger partial charge is 0.497 e. The fraction of sp³-hybridized carbons (Fsp3) is 0.385. The van der Waals surface area contributed by atoms with Crippen LogP contribution in [0.3, 0.4) is 0 Å². The minimum atomic E-state index is -0.948. The minimum absolute atomic E-state index is 0.0289. The number of hydrogen-bond donors (Lipinski definition) is 1. The molecular formula is C26H30N4O4. The van der Waals surface area contributed by atoms with Gasteiger partial charge in [0.2, 0.25) is 5.91 Å². The quantitative estimate of drug-likeness (QED) is 0.505. The predicted molar refractivity (Wildman–Crippen MR) is 128 cm³/mol. The first kappa shape index (κ1) is 23.5. The summed E-state index contributed by atoms with van der Waals surface area (Å²) in [4.78, 5) is 45.8. The highest BCUT2D eigenvalue weighted by atomic mass is 16.5. The Labute approximate surface area is 199 Å². The molecule has 178 valence electrons. The van der Waals surface area contributed by atoms with Gasteiger partial charge in [-0.1, -0.05) is 18.2 Å². The molecule has 2 aliphatic heterocycles. The average Bonchev–Trinajstić information content (AvgIpc) is 3.10. The standard InChI is InChI=1S/C26H30N4O4/c1-26(20-13-16-29(17-14-20)23(31)11-8-21-5-3-4-15-27-21)24(32)30(25(33)28-26)18-12-19-6-9-22(34-2)10-7-19/h3-11,15,20H,12-14,16-18H2,1-2H3,(H,28,33). The molecule has 4 amide bonds. The Bertz CT molecular complexity index is 1060. The third-order valence-electron chi connectivity index (χ3n) is 6.79. The van der Waals surface area contributed by atoms with Crippen LogP contribution in [0.25, 0.3) is 6.08 Å². The van der Waals surface area contributed by atoms with Gasteiger partial charge < -0.3 is 15.0 Å². The first-order valence-corrected chi connectivity index (χ1v) is 11.6. The van der Waals surface area contributed by atoms with E-state index in [0.717, 1.165) is 17.0 Å². The number of hydrogen-bond acceptors (Lipinski definition) is 5. The fourth-order valence-corrected chi connectivity index (χ4v) is 4.64. The lowest BCUT2D eigenvalue weighted by Gasteiger charge is -2.38. The van der Waals surface area contributed by atoms with Gasteiger partial charge in [-0.05, 0) is 68.0 Å². The van der Waals surface area contributed by atoms with Gasteiger partial charge >= 0.3 is 6.03 Å². The molecule has 2 aromatic rings. The maximum atomic E-state index is 13.3. The normalized spacial score (nSPS) is 21.2. The molecule has 2 aliphatic rings. The minimum Gasteiger partial charge on any atom is -0.497 e.